The Morgan fingerprint density at radius 3 is 3.05 bits per heavy atom. The lowest BCUT2D eigenvalue weighted by atomic mass is 10.1. The van der Waals surface area contributed by atoms with Gasteiger partial charge in [0.2, 0.25) is 5.91 Å². The third kappa shape index (κ3) is 4.61. The molecular formula is C16H24ClN3O. The van der Waals surface area contributed by atoms with Gasteiger partial charge in [-0.3, -0.25) is 4.79 Å². The minimum atomic E-state index is 0.0104. The van der Waals surface area contributed by atoms with Gasteiger partial charge in [0, 0.05) is 17.5 Å². The maximum atomic E-state index is 12.0. The van der Waals surface area contributed by atoms with E-state index in [1.807, 2.05) is 0 Å². The van der Waals surface area contributed by atoms with Gasteiger partial charge in [0.25, 0.3) is 0 Å². The maximum absolute atomic E-state index is 12.0. The van der Waals surface area contributed by atoms with Crippen molar-refractivity contribution in [3.05, 3.63) is 23.2 Å². The third-order valence-electron chi connectivity index (χ3n) is 4.11. The molecule has 1 aromatic rings. The molecule has 4 nitrogen and oxygen atoms in total. The summed E-state index contributed by atoms with van der Waals surface area (Å²) >= 11 is 5.84. The summed E-state index contributed by atoms with van der Waals surface area (Å²) in [6.07, 6.45) is 5.19. The Labute approximate surface area is 131 Å². The molecule has 1 amide bonds. The highest BCUT2D eigenvalue weighted by Gasteiger charge is 2.22. The van der Waals surface area contributed by atoms with Crippen molar-refractivity contribution in [3.63, 3.8) is 0 Å². The number of nitrogens with zero attached hydrogens (tertiary/aromatic N) is 1. The van der Waals surface area contributed by atoms with Crippen LogP contribution in [0.3, 0.4) is 0 Å². The fourth-order valence-electron chi connectivity index (χ4n) is 2.95. The predicted molar refractivity (Wildman–Crippen MR) is 88.6 cm³/mol. The number of hydrogen-bond acceptors (Lipinski definition) is 3. The Hall–Kier alpha value is -1.26. The van der Waals surface area contributed by atoms with Crippen molar-refractivity contribution in [2.45, 2.75) is 45.1 Å². The summed E-state index contributed by atoms with van der Waals surface area (Å²) in [5.74, 6) is 0.0104. The zero-order valence-electron chi connectivity index (χ0n) is 12.6. The highest BCUT2D eigenvalue weighted by Crippen LogP contribution is 2.23. The van der Waals surface area contributed by atoms with Crippen LogP contribution in [0.5, 0.6) is 0 Å². The molecule has 1 atom stereocenters. The number of halogens is 1. The summed E-state index contributed by atoms with van der Waals surface area (Å²) in [5, 5.41) is 3.42. The van der Waals surface area contributed by atoms with Crippen LogP contribution in [0.15, 0.2) is 18.2 Å². The zero-order chi connectivity index (χ0) is 15.2. The van der Waals surface area contributed by atoms with Crippen LogP contribution in [-0.2, 0) is 4.79 Å². The van der Waals surface area contributed by atoms with E-state index in [4.69, 9.17) is 17.3 Å². The normalized spacial score (nSPS) is 18.9. The van der Waals surface area contributed by atoms with Crippen molar-refractivity contribution in [3.8, 4) is 0 Å². The van der Waals surface area contributed by atoms with Crippen LogP contribution in [-0.4, -0.2) is 29.9 Å². The van der Waals surface area contributed by atoms with Gasteiger partial charge in [0.05, 0.1) is 11.4 Å². The fourth-order valence-corrected chi connectivity index (χ4v) is 3.14. The summed E-state index contributed by atoms with van der Waals surface area (Å²) in [4.78, 5) is 14.5. The summed E-state index contributed by atoms with van der Waals surface area (Å²) < 4.78 is 0. The second-order valence-electron chi connectivity index (χ2n) is 5.62. The predicted octanol–water partition coefficient (Wildman–Crippen LogP) is 3.52. The number of anilines is 2. The summed E-state index contributed by atoms with van der Waals surface area (Å²) in [5.41, 5.74) is 6.96. The van der Waals surface area contributed by atoms with Gasteiger partial charge in [-0.25, -0.2) is 0 Å². The minimum Gasteiger partial charge on any atom is -0.397 e. The largest absolute Gasteiger partial charge is 0.397 e. The van der Waals surface area contributed by atoms with Gasteiger partial charge in [-0.2, -0.15) is 0 Å². The zero-order valence-corrected chi connectivity index (χ0v) is 13.3. The number of nitrogen functional groups attached to an aromatic ring is 1. The molecule has 0 aromatic heterocycles. The number of rotatable bonds is 6. The summed E-state index contributed by atoms with van der Waals surface area (Å²) in [6, 6.07) is 5.82. The minimum absolute atomic E-state index is 0.0104. The smallest absolute Gasteiger partial charge is 0.224 e. The first-order chi connectivity index (χ1) is 10.1. The topological polar surface area (TPSA) is 58.4 Å². The van der Waals surface area contributed by atoms with E-state index >= 15 is 0 Å². The summed E-state index contributed by atoms with van der Waals surface area (Å²) in [6.45, 7) is 4.41. The van der Waals surface area contributed by atoms with E-state index in [-0.39, 0.29) is 5.91 Å². The van der Waals surface area contributed by atoms with E-state index in [2.05, 4.69) is 17.1 Å². The van der Waals surface area contributed by atoms with Crippen molar-refractivity contribution in [2.75, 3.05) is 24.1 Å². The van der Waals surface area contributed by atoms with Gasteiger partial charge < -0.3 is 16.0 Å². The molecule has 3 N–H and O–H groups in total. The molecule has 0 radical (unpaired) electrons. The quantitative estimate of drug-likeness (QED) is 0.791. The second kappa shape index (κ2) is 7.66. The van der Waals surface area contributed by atoms with Crippen LogP contribution in [0.2, 0.25) is 5.02 Å². The van der Waals surface area contributed by atoms with Crippen LogP contribution >= 0.6 is 11.6 Å². The van der Waals surface area contributed by atoms with E-state index in [0.29, 0.717) is 28.9 Å². The standard InChI is InChI=1S/C16H24ClN3O/c1-2-13-5-3-9-20(13)10-4-6-16(21)19-15-8-7-12(17)11-14(15)18/h7-8,11,13H,2-6,9-10,18H2,1H3,(H,19,21). The molecule has 21 heavy (non-hydrogen) atoms. The first kappa shape index (κ1) is 16.1. The fraction of sp³-hybridized carbons (Fsp3) is 0.562. The number of carbonyl (C=O) groups is 1. The first-order valence-corrected chi connectivity index (χ1v) is 8.07. The Kier molecular flexibility index (Phi) is 5.88. The number of amides is 1. The number of nitrogens with two attached hydrogens (primary N) is 1. The highest BCUT2D eigenvalue weighted by atomic mass is 35.5. The average Bonchev–Trinajstić information content (AvgIpc) is 2.89. The highest BCUT2D eigenvalue weighted by molar-refractivity contribution is 6.31. The number of carbonyl (C=O) groups excluding carboxylic acids is 1. The number of hydrogen-bond donors (Lipinski definition) is 2. The third-order valence-corrected chi connectivity index (χ3v) is 4.34. The Morgan fingerprint density at radius 2 is 2.33 bits per heavy atom. The lowest BCUT2D eigenvalue weighted by molar-refractivity contribution is -0.116. The molecule has 0 saturated carbocycles. The Bertz CT molecular complexity index is 492. The van der Waals surface area contributed by atoms with Gasteiger partial charge >= 0.3 is 0 Å². The number of benzene rings is 1. The van der Waals surface area contributed by atoms with Gasteiger partial charge in [-0.15, -0.1) is 0 Å². The molecule has 1 aliphatic heterocycles. The molecule has 0 aliphatic carbocycles. The van der Waals surface area contributed by atoms with Gasteiger partial charge in [-0.05, 0) is 57.0 Å². The van der Waals surface area contributed by atoms with E-state index in [9.17, 15) is 4.79 Å². The molecule has 1 unspecified atom stereocenters. The van der Waals surface area contributed by atoms with Crippen molar-refractivity contribution in [1.29, 1.82) is 0 Å². The first-order valence-electron chi connectivity index (χ1n) is 7.69. The van der Waals surface area contributed by atoms with Gasteiger partial charge in [-0.1, -0.05) is 18.5 Å². The molecule has 0 bridgehead atoms. The molecular weight excluding hydrogens is 286 g/mol. The molecule has 1 fully saturated rings. The molecule has 116 valence electrons. The van der Waals surface area contributed by atoms with Gasteiger partial charge in [0.15, 0.2) is 0 Å². The van der Waals surface area contributed by atoms with Crippen LogP contribution in [0.1, 0.15) is 39.0 Å². The van der Waals surface area contributed by atoms with Crippen molar-refractivity contribution < 1.29 is 4.79 Å². The number of nitrogens with one attached hydrogen (secondary N) is 1. The van der Waals surface area contributed by atoms with Crippen molar-refractivity contribution in [1.82, 2.24) is 4.90 Å². The number of likely N-dealkylation sites (tertiary alicyclic amines) is 1. The second-order valence-corrected chi connectivity index (χ2v) is 6.06. The maximum Gasteiger partial charge on any atom is 0.224 e. The molecule has 1 aromatic carbocycles. The van der Waals surface area contributed by atoms with Crippen molar-refractivity contribution >= 4 is 28.9 Å². The van der Waals surface area contributed by atoms with Crippen LogP contribution in [0.25, 0.3) is 0 Å². The molecule has 5 heteroatoms. The Morgan fingerprint density at radius 1 is 1.52 bits per heavy atom. The molecule has 1 aliphatic rings. The summed E-state index contributed by atoms with van der Waals surface area (Å²) in [7, 11) is 0. The van der Waals surface area contributed by atoms with Crippen LogP contribution in [0.4, 0.5) is 11.4 Å². The molecule has 1 saturated heterocycles. The SMILES string of the molecule is CCC1CCCN1CCCC(=O)Nc1ccc(Cl)cc1N. The lowest BCUT2D eigenvalue weighted by Crippen LogP contribution is -2.30. The molecule has 0 spiro atoms. The van der Waals surface area contributed by atoms with E-state index < -0.39 is 0 Å². The van der Waals surface area contributed by atoms with Crippen molar-refractivity contribution in [2.24, 2.45) is 0 Å². The lowest BCUT2D eigenvalue weighted by Gasteiger charge is -2.22. The Balaban J connectivity index is 1.75. The monoisotopic (exact) mass is 309 g/mol. The van der Waals surface area contributed by atoms with E-state index in [1.165, 1.54) is 25.8 Å². The average molecular weight is 310 g/mol. The van der Waals surface area contributed by atoms with Crippen LogP contribution in [0, 0.1) is 0 Å². The van der Waals surface area contributed by atoms with Crippen LogP contribution < -0.4 is 11.1 Å². The van der Waals surface area contributed by atoms with E-state index in [1.54, 1.807) is 18.2 Å². The van der Waals surface area contributed by atoms with E-state index in [0.717, 1.165) is 13.0 Å². The molecule has 2 rings (SSSR count). The molecule has 1 heterocycles. The van der Waals surface area contributed by atoms with Gasteiger partial charge in [0.1, 0.15) is 0 Å².